The van der Waals surface area contributed by atoms with Gasteiger partial charge in [-0.25, -0.2) is 9.97 Å². The quantitative estimate of drug-likeness (QED) is 0.805. The zero-order valence-electron chi connectivity index (χ0n) is 15.8. The summed E-state index contributed by atoms with van der Waals surface area (Å²) in [4.78, 5) is 8.34. The highest BCUT2D eigenvalue weighted by atomic mass is 14.8. The molecule has 2 atom stereocenters. The van der Waals surface area contributed by atoms with Gasteiger partial charge in [-0.3, -0.25) is 0 Å². The lowest BCUT2D eigenvalue weighted by Crippen LogP contribution is -2.02. The van der Waals surface area contributed by atoms with Crippen molar-refractivity contribution in [3.8, 4) is 12.1 Å². The second-order valence-electron chi connectivity index (χ2n) is 6.18. The minimum absolute atomic E-state index is 0. The molecule has 0 bridgehead atoms. The first-order chi connectivity index (χ1) is 12.4. The molecule has 0 aromatic carbocycles. The molecule has 0 unspecified atom stereocenters. The summed E-state index contributed by atoms with van der Waals surface area (Å²) in [6.45, 7) is 8.22. The van der Waals surface area contributed by atoms with Gasteiger partial charge in [-0.1, -0.05) is 35.1 Å². The topological polar surface area (TPSA) is 125 Å². The maximum atomic E-state index is 8.82. The van der Waals surface area contributed by atoms with E-state index in [1.165, 1.54) is 0 Å². The van der Waals surface area contributed by atoms with E-state index in [1.807, 2.05) is 13.8 Å². The third kappa shape index (κ3) is 6.60. The molecule has 144 valence electrons. The maximum Gasteiger partial charge on any atom is 0.123 e. The molecule has 0 saturated heterocycles. The molecule has 0 aliphatic heterocycles. The maximum absolute atomic E-state index is 8.82. The van der Waals surface area contributed by atoms with Gasteiger partial charge >= 0.3 is 0 Å². The molecular weight excluding hydrogens is 336 g/mol. The Bertz CT molecular complexity index is 747. The molecule has 2 aromatic rings. The summed E-state index contributed by atoms with van der Waals surface area (Å²) in [6, 6.07) is 11.0. The Morgan fingerprint density at radius 3 is 1.41 bits per heavy atom. The average molecular weight is 367 g/mol. The number of aromatic nitrogens is 2. The minimum atomic E-state index is 0. The Balaban J connectivity index is 0.000000483. The largest absolute Gasteiger partial charge is 0.384 e. The summed E-state index contributed by atoms with van der Waals surface area (Å²) < 4.78 is 0. The van der Waals surface area contributed by atoms with Crippen molar-refractivity contribution in [2.75, 3.05) is 11.5 Å². The zero-order valence-corrected chi connectivity index (χ0v) is 15.8. The molecular formula is C21H30N6. The SMILES string of the molecule is C.CC[C@@H](C)c1nc(N)ccc1C#N.CC[C@H](C)c1nc(N)ccc1C#N. The van der Waals surface area contributed by atoms with Gasteiger partial charge < -0.3 is 11.5 Å². The average Bonchev–Trinajstić information content (AvgIpc) is 2.67. The number of nitrogens with zero attached hydrogens (tertiary/aromatic N) is 4. The van der Waals surface area contributed by atoms with E-state index in [-0.39, 0.29) is 19.3 Å². The van der Waals surface area contributed by atoms with Crippen molar-refractivity contribution in [3.05, 3.63) is 46.8 Å². The number of nitrogen functional groups attached to an aromatic ring is 2. The highest BCUT2D eigenvalue weighted by molar-refractivity contribution is 5.42. The van der Waals surface area contributed by atoms with Crippen LogP contribution in [0.15, 0.2) is 24.3 Å². The van der Waals surface area contributed by atoms with Gasteiger partial charge in [-0.2, -0.15) is 10.5 Å². The molecule has 27 heavy (non-hydrogen) atoms. The highest BCUT2D eigenvalue weighted by Gasteiger charge is 2.11. The van der Waals surface area contributed by atoms with Crippen molar-refractivity contribution in [2.24, 2.45) is 0 Å². The number of anilines is 2. The Morgan fingerprint density at radius 1 is 0.815 bits per heavy atom. The lowest BCUT2D eigenvalue weighted by Gasteiger charge is -2.09. The minimum Gasteiger partial charge on any atom is -0.384 e. The number of nitrogens with two attached hydrogens (primary N) is 2. The predicted octanol–water partition coefficient (Wildman–Crippen LogP) is 4.73. The summed E-state index contributed by atoms with van der Waals surface area (Å²) in [5.41, 5.74) is 14.0. The molecule has 0 aliphatic rings. The first-order valence-electron chi connectivity index (χ1n) is 8.70. The van der Waals surface area contributed by atoms with Gasteiger partial charge in [0.05, 0.1) is 22.5 Å². The number of nitriles is 2. The van der Waals surface area contributed by atoms with Crippen LogP contribution in [-0.4, -0.2) is 9.97 Å². The molecule has 2 heterocycles. The van der Waals surface area contributed by atoms with E-state index in [0.29, 0.717) is 22.8 Å². The van der Waals surface area contributed by atoms with Gasteiger partial charge in [0.15, 0.2) is 0 Å². The number of hydrogen-bond acceptors (Lipinski definition) is 6. The van der Waals surface area contributed by atoms with Crippen LogP contribution in [0.1, 0.15) is 82.3 Å². The van der Waals surface area contributed by atoms with Crippen LogP contribution in [0.5, 0.6) is 0 Å². The van der Waals surface area contributed by atoms with Gasteiger partial charge in [-0.15, -0.1) is 0 Å². The van der Waals surface area contributed by atoms with Crippen LogP contribution in [0.25, 0.3) is 0 Å². The molecule has 6 heteroatoms. The standard InChI is InChI=1S/2C10H13N3.CH4/c2*1-3-7(2)10-8(6-11)4-5-9(12)13-10;/h2*4-5,7H,3H2,1-2H3,(H2,12,13);1H4/t2*7-;/m10./s1. The zero-order chi connectivity index (χ0) is 19.7. The first-order valence-corrected chi connectivity index (χ1v) is 8.70. The van der Waals surface area contributed by atoms with E-state index in [1.54, 1.807) is 24.3 Å². The fourth-order valence-corrected chi connectivity index (χ4v) is 2.31. The summed E-state index contributed by atoms with van der Waals surface area (Å²) in [5.74, 6) is 1.54. The van der Waals surface area contributed by atoms with Crippen molar-refractivity contribution in [3.63, 3.8) is 0 Å². The number of rotatable bonds is 4. The molecule has 0 radical (unpaired) electrons. The molecule has 0 fully saturated rings. The van der Waals surface area contributed by atoms with Crippen molar-refractivity contribution in [1.29, 1.82) is 10.5 Å². The van der Waals surface area contributed by atoms with Crippen molar-refractivity contribution >= 4 is 11.6 Å². The van der Waals surface area contributed by atoms with Crippen LogP contribution in [0.4, 0.5) is 11.6 Å². The molecule has 0 spiro atoms. The summed E-state index contributed by atoms with van der Waals surface area (Å²) in [7, 11) is 0. The van der Waals surface area contributed by atoms with Gasteiger partial charge in [0.25, 0.3) is 0 Å². The van der Waals surface area contributed by atoms with Crippen LogP contribution in [0.3, 0.4) is 0 Å². The first kappa shape index (κ1) is 23.9. The van der Waals surface area contributed by atoms with Crippen LogP contribution in [0, 0.1) is 22.7 Å². The number of pyridine rings is 2. The Labute approximate surface area is 162 Å². The third-order valence-corrected chi connectivity index (χ3v) is 4.29. The number of hydrogen-bond donors (Lipinski definition) is 2. The molecule has 2 aromatic heterocycles. The van der Waals surface area contributed by atoms with Crippen LogP contribution >= 0.6 is 0 Å². The summed E-state index contributed by atoms with van der Waals surface area (Å²) in [5, 5.41) is 17.6. The van der Waals surface area contributed by atoms with Gasteiger partial charge in [0.2, 0.25) is 0 Å². The molecule has 4 N–H and O–H groups in total. The van der Waals surface area contributed by atoms with Crippen molar-refractivity contribution < 1.29 is 0 Å². The van der Waals surface area contributed by atoms with Gasteiger partial charge in [0.1, 0.15) is 23.8 Å². The second kappa shape index (κ2) is 11.5. The van der Waals surface area contributed by atoms with Gasteiger partial charge in [-0.05, 0) is 48.9 Å². The summed E-state index contributed by atoms with van der Waals surface area (Å²) in [6.07, 6.45) is 1.93. The van der Waals surface area contributed by atoms with E-state index < -0.39 is 0 Å². The third-order valence-electron chi connectivity index (χ3n) is 4.29. The van der Waals surface area contributed by atoms with Crippen LogP contribution in [-0.2, 0) is 0 Å². The normalized spacial score (nSPS) is 11.6. The molecule has 6 nitrogen and oxygen atoms in total. The Hall–Kier alpha value is -3.12. The van der Waals surface area contributed by atoms with Gasteiger partial charge in [0, 0.05) is 0 Å². The molecule has 0 saturated carbocycles. The summed E-state index contributed by atoms with van der Waals surface area (Å²) >= 11 is 0. The van der Waals surface area contributed by atoms with E-state index in [2.05, 4.69) is 36.0 Å². The van der Waals surface area contributed by atoms with E-state index in [9.17, 15) is 0 Å². The fourth-order valence-electron chi connectivity index (χ4n) is 2.31. The van der Waals surface area contributed by atoms with E-state index >= 15 is 0 Å². The van der Waals surface area contributed by atoms with Crippen LogP contribution in [0.2, 0.25) is 0 Å². The van der Waals surface area contributed by atoms with Crippen molar-refractivity contribution in [2.45, 2.75) is 59.8 Å². The van der Waals surface area contributed by atoms with E-state index in [4.69, 9.17) is 22.0 Å². The fraction of sp³-hybridized carbons (Fsp3) is 0.429. The second-order valence-corrected chi connectivity index (χ2v) is 6.18. The lowest BCUT2D eigenvalue weighted by molar-refractivity contribution is 0.707. The van der Waals surface area contributed by atoms with Crippen LogP contribution < -0.4 is 11.5 Å². The Kier molecular flexibility index (Phi) is 10.2. The predicted molar refractivity (Wildman–Crippen MR) is 111 cm³/mol. The van der Waals surface area contributed by atoms with E-state index in [0.717, 1.165) is 24.2 Å². The smallest absolute Gasteiger partial charge is 0.123 e. The van der Waals surface area contributed by atoms with Crippen molar-refractivity contribution in [1.82, 2.24) is 9.97 Å². The lowest BCUT2D eigenvalue weighted by atomic mass is 10.00. The highest BCUT2D eigenvalue weighted by Crippen LogP contribution is 2.21. The Morgan fingerprint density at radius 2 is 1.15 bits per heavy atom. The molecule has 2 rings (SSSR count). The monoisotopic (exact) mass is 366 g/mol. The molecule has 0 aliphatic carbocycles. The molecule has 0 amide bonds.